The summed E-state index contributed by atoms with van der Waals surface area (Å²) in [6.45, 7) is 0. The Morgan fingerprint density at radius 3 is 2.52 bits per heavy atom. The van der Waals surface area contributed by atoms with Crippen LogP contribution in [0.25, 0.3) is 0 Å². The summed E-state index contributed by atoms with van der Waals surface area (Å²) in [5.74, 6) is 1.83. The summed E-state index contributed by atoms with van der Waals surface area (Å²) in [7, 11) is 1.49. The van der Waals surface area contributed by atoms with Crippen LogP contribution >= 0.6 is 0 Å². The first kappa shape index (κ1) is 15.3. The molecule has 7 heteroatoms. The van der Waals surface area contributed by atoms with Gasteiger partial charge in [0, 0.05) is 17.8 Å². The summed E-state index contributed by atoms with van der Waals surface area (Å²) in [5, 5.41) is 0. The van der Waals surface area contributed by atoms with E-state index in [2.05, 4.69) is 10.4 Å². The van der Waals surface area contributed by atoms with Crippen molar-refractivity contribution < 1.29 is 17.9 Å². The molecular weight excluding hydrogens is 283 g/mol. The SMILES string of the molecule is COc1ccc(CC(NN)c2ccc(F)c(F)c2F)cn1. The number of hydrogen-bond donors (Lipinski definition) is 2. The number of nitrogens with two attached hydrogens (primary N) is 1. The van der Waals surface area contributed by atoms with Crippen molar-refractivity contribution in [1.29, 1.82) is 0 Å². The van der Waals surface area contributed by atoms with Gasteiger partial charge in [-0.15, -0.1) is 0 Å². The lowest BCUT2D eigenvalue weighted by atomic mass is 9.99. The normalized spacial score (nSPS) is 12.2. The van der Waals surface area contributed by atoms with Crippen LogP contribution in [0.3, 0.4) is 0 Å². The molecule has 1 heterocycles. The van der Waals surface area contributed by atoms with Gasteiger partial charge in [0.25, 0.3) is 0 Å². The van der Waals surface area contributed by atoms with E-state index in [9.17, 15) is 13.2 Å². The van der Waals surface area contributed by atoms with Crippen LogP contribution in [0.1, 0.15) is 17.2 Å². The fourth-order valence-electron chi connectivity index (χ4n) is 1.96. The number of ether oxygens (including phenoxy) is 1. The van der Waals surface area contributed by atoms with Gasteiger partial charge < -0.3 is 4.74 Å². The molecule has 112 valence electrons. The van der Waals surface area contributed by atoms with Gasteiger partial charge in [0.15, 0.2) is 17.5 Å². The van der Waals surface area contributed by atoms with E-state index in [0.717, 1.165) is 17.7 Å². The van der Waals surface area contributed by atoms with Crippen molar-refractivity contribution >= 4 is 0 Å². The van der Waals surface area contributed by atoms with Gasteiger partial charge in [0.05, 0.1) is 13.2 Å². The number of rotatable bonds is 5. The van der Waals surface area contributed by atoms with E-state index in [-0.39, 0.29) is 12.0 Å². The maximum atomic E-state index is 13.8. The quantitative estimate of drug-likeness (QED) is 0.505. The van der Waals surface area contributed by atoms with Gasteiger partial charge in [-0.05, 0) is 18.1 Å². The average Bonchev–Trinajstić information content (AvgIpc) is 2.51. The lowest BCUT2D eigenvalue weighted by molar-refractivity contribution is 0.397. The molecular formula is C14H14F3N3O. The molecule has 0 aliphatic carbocycles. The Balaban J connectivity index is 2.25. The Morgan fingerprint density at radius 1 is 1.19 bits per heavy atom. The van der Waals surface area contributed by atoms with Crippen molar-refractivity contribution in [2.24, 2.45) is 5.84 Å². The minimum absolute atomic E-state index is 0.0489. The molecule has 3 N–H and O–H groups in total. The summed E-state index contributed by atoms with van der Waals surface area (Å²) in [5.41, 5.74) is 3.08. The van der Waals surface area contributed by atoms with Gasteiger partial charge in [-0.1, -0.05) is 12.1 Å². The lowest BCUT2D eigenvalue weighted by Gasteiger charge is -2.17. The van der Waals surface area contributed by atoms with Crippen LogP contribution in [0, 0.1) is 17.5 Å². The van der Waals surface area contributed by atoms with E-state index in [1.54, 1.807) is 18.3 Å². The van der Waals surface area contributed by atoms with Crippen molar-refractivity contribution in [3.63, 3.8) is 0 Å². The van der Waals surface area contributed by atoms with Crippen molar-refractivity contribution in [3.8, 4) is 5.88 Å². The number of hydrogen-bond acceptors (Lipinski definition) is 4. The van der Waals surface area contributed by atoms with E-state index in [4.69, 9.17) is 10.6 Å². The molecule has 0 radical (unpaired) electrons. The first-order valence-corrected chi connectivity index (χ1v) is 6.15. The molecule has 21 heavy (non-hydrogen) atoms. The summed E-state index contributed by atoms with van der Waals surface area (Å²) < 4.78 is 44.9. The van der Waals surface area contributed by atoms with Crippen LogP contribution in [0.15, 0.2) is 30.5 Å². The molecule has 1 atom stereocenters. The molecule has 0 amide bonds. The Kier molecular flexibility index (Phi) is 4.77. The van der Waals surface area contributed by atoms with Gasteiger partial charge in [0.1, 0.15) is 0 Å². The molecule has 0 saturated heterocycles. The van der Waals surface area contributed by atoms with Crippen molar-refractivity contribution in [2.45, 2.75) is 12.5 Å². The molecule has 4 nitrogen and oxygen atoms in total. The molecule has 0 aliphatic rings. The summed E-state index contributed by atoms with van der Waals surface area (Å²) in [6, 6.07) is 4.69. The van der Waals surface area contributed by atoms with Crippen LogP contribution < -0.4 is 16.0 Å². The molecule has 0 bridgehead atoms. The van der Waals surface area contributed by atoms with Gasteiger partial charge in [-0.2, -0.15) is 0 Å². The minimum atomic E-state index is -1.51. The molecule has 2 rings (SSSR count). The fourth-order valence-corrected chi connectivity index (χ4v) is 1.96. The highest BCUT2D eigenvalue weighted by Gasteiger charge is 2.20. The number of benzene rings is 1. The smallest absolute Gasteiger partial charge is 0.212 e. The van der Waals surface area contributed by atoms with Crippen LogP contribution in [-0.2, 0) is 6.42 Å². The zero-order chi connectivity index (χ0) is 15.4. The Hall–Kier alpha value is -2.12. The van der Waals surface area contributed by atoms with Crippen molar-refractivity contribution in [2.75, 3.05) is 7.11 Å². The largest absolute Gasteiger partial charge is 0.481 e. The molecule has 0 saturated carbocycles. The molecule has 1 aromatic heterocycles. The topological polar surface area (TPSA) is 60.2 Å². The Bertz CT molecular complexity index is 620. The van der Waals surface area contributed by atoms with Gasteiger partial charge in [0.2, 0.25) is 5.88 Å². The molecule has 0 fully saturated rings. The fraction of sp³-hybridized carbons (Fsp3) is 0.214. The minimum Gasteiger partial charge on any atom is -0.481 e. The third-order valence-corrected chi connectivity index (χ3v) is 3.09. The van der Waals surface area contributed by atoms with Crippen LogP contribution in [-0.4, -0.2) is 12.1 Å². The number of halogens is 3. The van der Waals surface area contributed by atoms with Gasteiger partial charge in [-0.3, -0.25) is 11.3 Å². The number of nitrogens with one attached hydrogen (secondary N) is 1. The Morgan fingerprint density at radius 2 is 1.95 bits per heavy atom. The summed E-state index contributed by atoms with van der Waals surface area (Å²) >= 11 is 0. The molecule has 2 aromatic rings. The third kappa shape index (κ3) is 3.32. The van der Waals surface area contributed by atoms with Crippen LogP contribution in [0.5, 0.6) is 5.88 Å². The van der Waals surface area contributed by atoms with E-state index in [1.807, 2.05) is 0 Å². The van der Waals surface area contributed by atoms with Gasteiger partial charge >= 0.3 is 0 Å². The predicted octanol–water partition coefficient (Wildman–Crippen LogP) is 2.25. The standard InChI is InChI=1S/C14H14F3N3O/c1-21-12-5-2-8(7-19-12)6-11(20-18)9-3-4-10(15)14(17)13(9)16/h2-5,7,11,20H,6,18H2,1H3. The van der Waals surface area contributed by atoms with Crippen LogP contribution in [0.2, 0.25) is 0 Å². The van der Waals surface area contributed by atoms with E-state index < -0.39 is 23.5 Å². The van der Waals surface area contributed by atoms with Crippen molar-refractivity contribution in [3.05, 3.63) is 59.0 Å². The van der Waals surface area contributed by atoms with Crippen LogP contribution in [0.4, 0.5) is 13.2 Å². The lowest BCUT2D eigenvalue weighted by Crippen LogP contribution is -2.30. The highest BCUT2D eigenvalue weighted by atomic mass is 19.2. The highest BCUT2D eigenvalue weighted by Crippen LogP contribution is 2.24. The number of pyridine rings is 1. The molecule has 0 aliphatic heterocycles. The summed E-state index contributed by atoms with van der Waals surface area (Å²) in [4.78, 5) is 4.01. The second kappa shape index (κ2) is 6.55. The second-order valence-electron chi connectivity index (χ2n) is 4.40. The van der Waals surface area contributed by atoms with Crippen molar-refractivity contribution in [1.82, 2.24) is 10.4 Å². The number of methoxy groups -OCH3 is 1. The van der Waals surface area contributed by atoms with E-state index in [0.29, 0.717) is 5.88 Å². The summed E-state index contributed by atoms with van der Waals surface area (Å²) in [6.07, 6.45) is 1.80. The average molecular weight is 297 g/mol. The van der Waals surface area contributed by atoms with E-state index in [1.165, 1.54) is 7.11 Å². The van der Waals surface area contributed by atoms with Gasteiger partial charge in [-0.25, -0.2) is 18.2 Å². The molecule has 0 spiro atoms. The van der Waals surface area contributed by atoms with E-state index >= 15 is 0 Å². The predicted molar refractivity (Wildman–Crippen MR) is 70.9 cm³/mol. The zero-order valence-corrected chi connectivity index (χ0v) is 11.2. The first-order chi connectivity index (χ1) is 10.1. The highest BCUT2D eigenvalue weighted by molar-refractivity contribution is 5.26. The maximum absolute atomic E-state index is 13.8. The Labute approximate surface area is 119 Å². The number of nitrogens with zero attached hydrogens (tertiary/aromatic N) is 1. The third-order valence-electron chi connectivity index (χ3n) is 3.09. The molecule has 1 unspecified atom stereocenters. The number of aromatic nitrogens is 1. The zero-order valence-electron chi connectivity index (χ0n) is 11.2. The maximum Gasteiger partial charge on any atom is 0.212 e. The monoisotopic (exact) mass is 297 g/mol. The number of hydrazine groups is 1. The second-order valence-corrected chi connectivity index (χ2v) is 4.40. The molecule has 1 aromatic carbocycles. The first-order valence-electron chi connectivity index (χ1n) is 6.15.